The van der Waals surface area contributed by atoms with Gasteiger partial charge in [0.2, 0.25) is 0 Å². The summed E-state index contributed by atoms with van der Waals surface area (Å²) in [7, 11) is 0. The molecular weight excluding hydrogens is 386 g/mol. The first-order valence-corrected chi connectivity index (χ1v) is 9.97. The fourth-order valence-corrected chi connectivity index (χ4v) is 3.97. The topological polar surface area (TPSA) is 102 Å². The van der Waals surface area contributed by atoms with Gasteiger partial charge in [0.25, 0.3) is 0 Å². The number of aliphatic carboxylic acids is 1. The third kappa shape index (κ3) is 5.09. The summed E-state index contributed by atoms with van der Waals surface area (Å²) in [5, 5.41) is 11.4. The number of carbonyl (C=O) groups excluding carboxylic acids is 2. The molecule has 0 saturated carbocycles. The molecule has 0 radical (unpaired) electrons. The molecule has 2 aliphatic rings. The highest BCUT2D eigenvalue weighted by molar-refractivity contribution is 5.86. The predicted octanol–water partition coefficient (Wildman–Crippen LogP) is 3.52. The first-order chi connectivity index (χ1) is 14.2. The lowest BCUT2D eigenvalue weighted by atomic mass is 9.84. The Balaban J connectivity index is 1.65. The van der Waals surface area contributed by atoms with E-state index >= 15 is 0 Å². The van der Waals surface area contributed by atoms with Crippen LogP contribution in [0.3, 0.4) is 0 Å². The molecule has 7 nitrogen and oxygen atoms in total. The molecule has 0 spiro atoms. The van der Waals surface area contributed by atoms with Gasteiger partial charge in [0.15, 0.2) is 0 Å². The molecule has 1 aromatic carbocycles. The molecule has 0 aromatic heterocycles. The number of amides is 1. The normalized spacial score (nSPS) is 22.6. The lowest BCUT2D eigenvalue weighted by molar-refractivity contribution is -0.159. The molecular formula is C23H27NO6. The molecule has 2 N–H and O–H groups in total. The van der Waals surface area contributed by atoms with Gasteiger partial charge in [0.1, 0.15) is 18.2 Å². The van der Waals surface area contributed by atoms with Crippen molar-refractivity contribution in [3.05, 3.63) is 59.7 Å². The number of alkyl carbamates (subject to hydrolysis) is 1. The van der Waals surface area contributed by atoms with Crippen molar-refractivity contribution in [2.75, 3.05) is 6.61 Å². The Morgan fingerprint density at radius 2 is 1.77 bits per heavy atom. The van der Waals surface area contributed by atoms with E-state index in [0.717, 1.165) is 5.56 Å². The number of rotatable bonds is 6. The number of allylic oxidation sites excluding steroid dienone is 4. The molecule has 3 unspecified atom stereocenters. The van der Waals surface area contributed by atoms with Crippen molar-refractivity contribution in [3.8, 4) is 0 Å². The lowest BCUT2D eigenvalue weighted by Crippen LogP contribution is -2.45. The summed E-state index contributed by atoms with van der Waals surface area (Å²) in [6, 6.07) is 6.75. The maximum absolute atomic E-state index is 12.4. The molecule has 1 aromatic rings. The summed E-state index contributed by atoms with van der Waals surface area (Å²) in [5.41, 5.74) is 1.54. The number of carbonyl (C=O) groups is 3. The van der Waals surface area contributed by atoms with Crippen molar-refractivity contribution < 1.29 is 29.0 Å². The van der Waals surface area contributed by atoms with Crippen LogP contribution in [0.4, 0.5) is 4.79 Å². The first-order valence-electron chi connectivity index (χ1n) is 9.97. The third-order valence-corrected chi connectivity index (χ3v) is 5.15. The standard InChI is InChI=1S/C23H27NO6/c1-23(2,3)30-21(27)19(12-20(25)26)24-22(28)29-13-18-16-10-6-4-8-14(16)15-9-5-7-11-17(15)18/h4-11,14,16,18-19H,12-13H2,1-3H3,(H,24,28)(H,25,26)/t14?,16?,18?,19-/m0/s1. The Morgan fingerprint density at radius 1 is 1.10 bits per heavy atom. The minimum absolute atomic E-state index is 0.0161. The van der Waals surface area contributed by atoms with E-state index in [4.69, 9.17) is 14.6 Å². The minimum atomic E-state index is -1.32. The second-order valence-corrected chi connectivity index (χ2v) is 8.54. The van der Waals surface area contributed by atoms with Crippen molar-refractivity contribution in [1.29, 1.82) is 0 Å². The Kier molecular flexibility index (Phi) is 6.29. The summed E-state index contributed by atoms with van der Waals surface area (Å²) in [6.07, 6.45) is 6.84. The number of hydrogen-bond acceptors (Lipinski definition) is 5. The quantitative estimate of drug-likeness (QED) is 0.692. The molecule has 2 aliphatic carbocycles. The van der Waals surface area contributed by atoms with Gasteiger partial charge in [-0.05, 0) is 37.8 Å². The van der Waals surface area contributed by atoms with E-state index in [0.29, 0.717) is 0 Å². The fourth-order valence-electron chi connectivity index (χ4n) is 3.97. The smallest absolute Gasteiger partial charge is 0.407 e. The van der Waals surface area contributed by atoms with E-state index in [-0.39, 0.29) is 24.4 Å². The summed E-state index contributed by atoms with van der Waals surface area (Å²) in [5.74, 6) is -1.63. The summed E-state index contributed by atoms with van der Waals surface area (Å²) in [4.78, 5) is 35.7. The maximum atomic E-state index is 12.4. The van der Waals surface area contributed by atoms with Gasteiger partial charge in [0.05, 0.1) is 6.42 Å². The van der Waals surface area contributed by atoms with E-state index in [1.54, 1.807) is 20.8 Å². The van der Waals surface area contributed by atoms with Gasteiger partial charge in [-0.3, -0.25) is 4.79 Å². The number of ether oxygens (including phenoxy) is 2. The van der Waals surface area contributed by atoms with Crippen LogP contribution < -0.4 is 5.32 Å². The van der Waals surface area contributed by atoms with Crippen molar-refractivity contribution in [2.45, 2.75) is 50.7 Å². The molecule has 30 heavy (non-hydrogen) atoms. The Labute approximate surface area is 175 Å². The molecule has 4 atom stereocenters. The largest absolute Gasteiger partial charge is 0.481 e. The fraction of sp³-hybridized carbons (Fsp3) is 0.435. The van der Waals surface area contributed by atoms with E-state index < -0.39 is 36.1 Å². The highest BCUT2D eigenvalue weighted by atomic mass is 16.6. The molecule has 0 fully saturated rings. The lowest BCUT2D eigenvalue weighted by Gasteiger charge is -2.25. The number of esters is 1. The summed E-state index contributed by atoms with van der Waals surface area (Å²) >= 11 is 0. The van der Waals surface area contributed by atoms with Crippen LogP contribution in [0.25, 0.3) is 0 Å². The van der Waals surface area contributed by atoms with Crippen LogP contribution in [0.1, 0.15) is 50.2 Å². The monoisotopic (exact) mass is 413 g/mol. The molecule has 160 valence electrons. The van der Waals surface area contributed by atoms with Gasteiger partial charge in [0, 0.05) is 11.8 Å². The van der Waals surface area contributed by atoms with Crippen LogP contribution >= 0.6 is 0 Å². The molecule has 1 amide bonds. The van der Waals surface area contributed by atoms with Crippen molar-refractivity contribution in [2.24, 2.45) is 5.92 Å². The number of nitrogens with one attached hydrogen (secondary N) is 1. The first kappa shape index (κ1) is 21.6. The zero-order valence-corrected chi connectivity index (χ0v) is 17.3. The van der Waals surface area contributed by atoms with Gasteiger partial charge < -0.3 is 19.9 Å². The van der Waals surface area contributed by atoms with Gasteiger partial charge in [-0.1, -0.05) is 48.6 Å². The zero-order valence-electron chi connectivity index (χ0n) is 17.3. The van der Waals surface area contributed by atoms with Crippen LogP contribution in [-0.4, -0.2) is 41.4 Å². The highest BCUT2D eigenvalue weighted by Crippen LogP contribution is 2.49. The second kappa shape index (κ2) is 8.73. The average molecular weight is 413 g/mol. The second-order valence-electron chi connectivity index (χ2n) is 8.54. The minimum Gasteiger partial charge on any atom is -0.481 e. The van der Waals surface area contributed by atoms with E-state index in [1.807, 2.05) is 30.4 Å². The number of hydrogen-bond donors (Lipinski definition) is 2. The van der Waals surface area contributed by atoms with Crippen LogP contribution in [0.15, 0.2) is 48.6 Å². The number of carboxylic acid groups (broad SMARTS) is 1. The van der Waals surface area contributed by atoms with Crippen LogP contribution in [0, 0.1) is 5.92 Å². The Bertz CT molecular complexity index is 882. The van der Waals surface area contributed by atoms with Gasteiger partial charge in [-0.25, -0.2) is 9.59 Å². The molecule has 7 heteroatoms. The van der Waals surface area contributed by atoms with Crippen molar-refractivity contribution in [3.63, 3.8) is 0 Å². The molecule has 0 heterocycles. The van der Waals surface area contributed by atoms with Crippen LogP contribution in [0.5, 0.6) is 0 Å². The Morgan fingerprint density at radius 3 is 2.43 bits per heavy atom. The van der Waals surface area contributed by atoms with E-state index in [9.17, 15) is 14.4 Å². The highest BCUT2D eigenvalue weighted by Gasteiger charge is 2.39. The van der Waals surface area contributed by atoms with Crippen molar-refractivity contribution in [1.82, 2.24) is 5.32 Å². The van der Waals surface area contributed by atoms with E-state index in [1.165, 1.54) is 5.56 Å². The van der Waals surface area contributed by atoms with Gasteiger partial charge in [-0.15, -0.1) is 0 Å². The molecule has 3 rings (SSSR count). The molecule has 0 bridgehead atoms. The average Bonchev–Trinajstić information content (AvgIpc) is 2.98. The molecule has 0 aliphatic heterocycles. The summed E-state index contributed by atoms with van der Waals surface area (Å²) < 4.78 is 10.6. The Hall–Kier alpha value is -3.09. The zero-order chi connectivity index (χ0) is 21.9. The predicted molar refractivity (Wildman–Crippen MR) is 110 cm³/mol. The number of carboxylic acids is 1. The van der Waals surface area contributed by atoms with Gasteiger partial charge >= 0.3 is 18.0 Å². The number of benzene rings is 1. The van der Waals surface area contributed by atoms with Crippen molar-refractivity contribution >= 4 is 18.0 Å². The summed E-state index contributed by atoms with van der Waals surface area (Å²) in [6.45, 7) is 5.12. The SMILES string of the molecule is CC(C)(C)OC(=O)[C@H](CC(=O)O)NC(=O)OCC1c2ccccc2C2C=CC=CC21. The van der Waals surface area contributed by atoms with Crippen LogP contribution in [-0.2, 0) is 19.1 Å². The third-order valence-electron chi connectivity index (χ3n) is 5.15. The maximum Gasteiger partial charge on any atom is 0.407 e. The number of fused-ring (bicyclic) bond motifs is 3. The van der Waals surface area contributed by atoms with Gasteiger partial charge in [-0.2, -0.15) is 0 Å². The van der Waals surface area contributed by atoms with E-state index in [2.05, 4.69) is 23.5 Å². The van der Waals surface area contributed by atoms with Crippen LogP contribution in [0.2, 0.25) is 0 Å². The molecule has 0 saturated heterocycles.